The van der Waals surface area contributed by atoms with Crippen molar-refractivity contribution < 1.29 is 22.8 Å². The first-order chi connectivity index (χ1) is 14.7. The second-order valence-electron chi connectivity index (χ2n) is 8.02. The number of nitrogens with zero attached hydrogens (tertiary/aromatic N) is 1. The van der Waals surface area contributed by atoms with Crippen LogP contribution in [0.25, 0.3) is 21.2 Å². The normalized spacial score (nSPS) is 17.8. The summed E-state index contributed by atoms with van der Waals surface area (Å²) in [5.74, 6) is -0.156. The van der Waals surface area contributed by atoms with E-state index in [1.807, 2.05) is 6.07 Å². The minimum atomic E-state index is -4.38. The van der Waals surface area contributed by atoms with Crippen LogP contribution in [0.2, 0.25) is 5.02 Å². The number of benzene rings is 2. The minimum Gasteiger partial charge on any atom is -0.347 e. The van der Waals surface area contributed by atoms with Crippen molar-refractivity contribution >= 4 is 44.8 Å². The van der Waals surface area contributed by atoms with Gasteiger partial charge >= 0.3 is 6.18 Å². The van der Waals surface area contributed by atoms with Crippen LogP contribution >= 0.6 is 22.9 Å². The molecular weight excluding hydrogens is 449 g/mol. The van der Waals surface area contributed by atoms with Gasteiger partial charge in [-0.1, -0.05) is 35.9 Å². The van der Waals surface area contributed by atoms with Gasteiger partial charge in [0.05, 0.1) is 16.1 Å². The van der Waals surface area contributed by atoms with Gasteiger partial charge < -0.3 is 10.2 Å². The van der Waals surface area contributed by atoms with Crippen molar-refractivity contribution in [2.45, 2.75) is 24.6 Å². The monoisotopic (exact) mass is 464 g/mol. The summed E-state index contributed by atoms with van der Waals surface area (Å²) in [7, 11) is 0. The molecule has 0 saturated carbocycles. The molecule has 0 unspecified atom stereocenters. The van der Waals surface area contributed by atoms with Crippen molar-refractivity contribution in [2.75, 3.05) is 13.1 Å². The fraction of sp³-hybridized carbons (Fsp3) is 0.273. The second kappa shape index (κ2) is 6.97. The molecule has 1 N–H and O–H groups in total. The molecule has 2 saturated heterocycles. The van der Waals surface area contributed by atoms with Crippen molar-refractivity contribution in [1.82, 2.24) is 10.2 Å². The zero-order chi connectivity index (χ0) is 22.0. The van der Waals surface area contributed by atoms with Crippen LogP contribution in [-0.2, 0) is 11.0 Å². The SMILES string of the molecule is O=C1CCC2(CN(C(=O)c3sc4cc(-c5ccc(C(F)(F)F)cc5)ccc4c3Cl)C2)N1. The third-order valence-corrected chi connectivity index (χ3v) is 7.52. The predicted octanol–water partition coefficient (Wildman–Crippen LogP) is 5.35. The Hall–Kier alpha value is -2.58. The molecule has 0 atom stereocenters. The first-order valence-electron chi connectivity index (χ1n) is 9.65. The highest BCUT2D eigenvalue weighted by Gasteiger charge is 2.49. The van der Waals surface area contributed by atoms with Crippen LogP contribution < -0.4 is 5.32 Å². The van der Waals surface area contributed by atoms with Gasteiger partial charge in [0, 0.05) is 29.6 Å². The number of halogens is 4. The van der Waals surface area contributed by atoms with E-state index in [0.29, 0.717) is 35.0 Å². The molecule has 4 nitrogen and oxygen atoms in total. The van der Waals surface area contributed by atoms with Crippen molar-refractivity contribution in [1.29, 1.82) is 0 Å². The number of likely N-dealkylation sites (tertiary alicyclic amines) is 1. The van der Waals surface area contributed by atoms with Crippen LogP contribution in [0.3, 0.4) is 0 Å². The molecular formula is C22H16ClF3N2O2S. The predicted molar refractivity (Wildman–Crippen MR) is 113 cm³/mol. The van der Waals surface area contributed by atoms with Gasteiger partial charge in [-0.15, -0.1) is 11.3 Å². The second-order valence-corrected chi connectivity index (χ2v) is 9.45. The number of thiophene rings is 1. The fourth-order valence-electron chi connectivity index (χ4n) is 4.22. The Bertz CT molecular complexity index is 1210. The number of hydrogen-bond acceptors (Lipinski definition) is 3. The van der Waals surface area contributed by atoms with Crippen molar-refractivity contribution in [2.24, 2.45) is 0 Å². The topological polar surface area (TPSA) is 49.4 Å². The first-order valence-corrected chi connectivity index (χ1v) is 10.8. The number of hydrogen-bond donors (Lipinski definition) is 1. The van der Waals surface area contributed by atoms with Gasteiger partial charge in [0.25, 0.3) is 5.91 Å². The van der Waals surface area contributed by atoms with E-state index in [-0.39, 0.29) is 17.4 Å². The number of carbonyl (C=O) groups excluding carboxylic acids is 2. The number of nitrogens with one attached hydrogen (secondary N) is 1. The van der Waals surface area contributed by atoms with E-state index in [2.05, 4.69) is 5.32 Å². The van der Waals surface area contributed by atoms with Crippen LogP contribution in [0.4, 0.5) is 13.2 Å². The van der Waals surface area contributed by atoms with Gasteiger partial charge in [-0.05, 0) is 35.7 Å². The quantitative estimate of drug-likeness (QED) is 0.556. The lowest BCUT2D eigenvalue weighted by atomic mass is 9.88. The fourth-order valence-corrected chi connectivity index (χ4v) is 5.74. The molecule has 2 fully saturated rings. The zero-order valence-corrected chi connectivity index (χ0v) is 17.6. The largest absolute Gasteiger partial charge is 0.416 e. The highest BCUT2D eigenvalue weighted by atomic mass is 35.5. The lowest BCUT2D eigenvalue weighted by Crippen LogP contribution is -2.68. The molecule has 31 heavy (non-hydrogen) atoms. The number of carbonyl (C=O) groups is 2. The summed E-state index contributed by atoms with van der Waals surface area (Å²) in [6.45, 7) is 0.942. The van der Waals surface area contributed by atoms with Crippen LogP contribution in [-0.4, -0.2) is 35.3 Å². The molecule has 0 radical (unpaired) electrons. The molecule has 3 aromatic rings. The van der Waals surface area contributed by atoms with Gasteiger partial charge in [0.15, 0.2) is 0 Å². The molecule has 2 amide bonds. The van der Waals surface area contributed by atoms with Crippen LogP contribution in [0.5, 0.6) is 0 Å². The van der Waals surface area contributed by atoms with Gasteiger partial charge in [0.1, 0.15) is 4.88 Å². The molecule has 2 aromatic carbocycles. The van der Waals surface area contributed by atoms with E-state index < -0.39 is 11.7 Å². The van der Waals surface area contributed by atoms with E-state index in [1.54, 1.807) is 17.0 Å². The Morgan fingerprint density at radius 2 is 1.77 bits per heavy atom. The van der Waals surface area contributed by atoms with E-state index in [1.165, 1.54) is 23.5 Å². The third-order valence-electron chi connectivity index (χ3n) is 5.88. The average molecular weight is 465 g/mol. The van der Waals surface area contributed by atoms with Gasteiger partial charge in [-0.25, -0.2) is 0 Å². The molecule has 160 valence electrons. The number of fused-ring (bicyclic) bond motifs is 1. The summed E-state index contributed by atoms with van der Waals surface area (Å²) >= 11 is 7.76. The van der Waals surface area contributed by atoms with Crippen LogP contribution in [0.1, 0.15) is 28.1 Å². The molecule has 5 rings (SSSR count). The highest BCUT2D eigenvalue weighted by Crippen LogP contribution is 2.40. The number of amides is 2. The smallest absolute Gasteiger partial charge is 0.347 e. The van der Waals surface area contributed by atoms with Crippen LogP contribution in [0, 0.1) is 0 Å². The van der Waals surface area contributed by atoms with E-state index in [4.69, 9.17) is 11.6 Å². The van der Waals surface area contributed by atoms with Gasteiger partial charge in [-0.2, -0.15) is 13.2 Å². The highest BCUT2D eigenvalue weighted by molar-refractivity contribution is 7.21. The molecule has 9 heteroatoms. The maximum absolute atomic E-state index is 13.0. The number of rotatable bonds is 2. The Morgan fingerprint density at radius 1 is 1.10 bits per heavy atom. The molecule has 1 aromatic heterocycles. The average Bonchev–Trinajstić information content (AvgIpc) is 3.26. The summed E-state index contributed by atoms with van der Waals surface area (Å²) in [4.78, 5) is 26.6. The standard InChI is InChI=1S/C22H16ClF3N2O2S/c23-18-15-6-3-13(12-1-4-14(5-2-12)22(24,25)26)9-16(15)31-19(18)20(30)28-10-21(11-28)8-7-17(29)27-21/h1-6,9H,7-8,10-11H2,(H,27,29). The van der Waals surface area contributed by atoms with Crippen molar-refractivity contribution in [3.05, 3.63) is 57.9 Å². The Labute approximate surface area is 184 Å². The summed E-state index contributed by atoms with van der Waals surface area (Å²) in [5, 5.41) is 4.06. The molecule has 0 bridgehead atoms. The summed E-state index contributed by atoms with van der Waals surface area (Å²) in [6, 6.07) is 10.4. The summed E-state index contributed by atoms with van der Waals surface area (Å²) < 4.78 is 39.2. The van der Waals surface area contributed by atoms with E-state index in [9.17, 15) is 22.8 Å². The van der Waals surface area contributed by atoms with Crippen molar-refractivity contribution in [3.8, 4) is 11.1 Å². The molecule has 3 heterocycles. The maximum atomic E-state index is 13.0. The summed E-state index contributed by atoms with van der Waals surface area (Å²) in [6.07, 6.45) is -3.17. The molecule has 1 spiro atoms. The Morgan fingerprint density at radius 3 is 2.39 bits per heavy atom. The minimum absolute atomic E-state index is 0.0165. The Kier molecular flexibility index (Phi) is 4.57. The van der Waals surface area contributed by atoms with Gasteiger partial charge in [-0.3, -0.25) is 9.59 Å². The van der Waals surface area contributed by atoms with Crippen LogP contribution in [0.15, 0.2) is 42.5 Å². The van der Waals surface area contributed by atoms with E-state index >= 15 is 0 Å². The lowest BCUT2D eigenvalue weighted by molar-refractivity contribution is -0.137. The Balaban J connectivity index is 1.40. The maximum Gasteiger partial charge on any atom is 0.416 e. The number of alkyl halides is 3. The third kappa shape index (κ3) is 3.47. The molecule has 2 aliphatic heterocycles. The van der Waals surface area contributed by atoms with Gasteiger partial charge in [0.2, 0.25) is 5.91 Å². The summed E-state index contributed by atoms with van der Waals surface area (Å²) in [5.41, 5.74) is 0.393. The molecule has 2 aliphatic rings. The van der Waals surface area contributed by atoms with E-state index in [0.717, 1.165) is 34.2 Å². The lowest BCUT2D eigenvalue weighted by Gasteiger charge is -2.47. The zero-order valence-electron chi connectivity index (χ0n) is 16.1. The first kappa shape index (κ1) is 20.3. The van der Waals surface area contributed by atoms with Crippen molar-refractivity contribution in [3.63, 3.8) is 0 Å². The molecule has 0 aliphatic carbocycles.